The number of anilines is 1. The largest absolute Gasteiger partial charge is 0.398 e. The van der Waals surface area contributed by atoms with E-state index in [2.05, 4.69) is 22.9 Å². The summed E-state index contributed by atoms with van der Waals surface area (Å²) in [4.78, 5) is 0. The molecule has 0 spiro atoms. The lowest BCUT2D eigenvalue weighted by Crippen LogP contribution is -2.00. The van der Waals surface area contributed by atoms with Crippen LogP contribution in [0.1, 0.15) is 18.9 Å². The zero-order valence-electron chi connectivity index (χ0n) is 8.26. The summed E-state index contributed by atoms with van der Waals surface area (Å²) < 4.78 is 0. The molecular formula is C11H15BrClN. The van der Waals surface area contributed by atoms with Gasteiger partial charge in [-0.05, 0) is 36.5 Å². The highest BCUT2D eigenvalue weighted by Crippen LogP contribution is 2.21. The number of rotatable bonds is 4. The summed E-state index contributed by atoms with van der Waals surface area (Å²) in [5, 5.41) is 1.75. The van der Waals surface area contributed by atoms with Gasteiger partial charge in [-0.3, -0.25) is 0 Å². The zero-order chi connectivity index (χ0) is 10.6. The molecule has 1 unspecified atom stereocenters. The second-order valence-corrected chi connectivity index (χ2v) is 4.73. The fraction of sp³-hybridized carbons (Fsp3) is 0.455. The molecule has 1 nitrogen and oxygen atoms in total. The topological polar surface area (TPSA) is 26.0 Å². The van der Waals surface area contributed by atoms with Gasteiger partial charge in [0, 0.05) is 16.0 Å². The van der Waals surface area contributed by atoms with Crippen molar-refractivity contribution in [2.45, 2.75) is 19.8 Å². The fourth-order valence-electron chi connectivity index (χ4n) is 1.27. The van der Waals surface area contributed by atoms with E-state index in [-0.39, 0.29) is 0 Å². The summed E-state index contributed by atoms with van der Waals surface area (Å²) in [5.41, 5.74) is 7.85. The third-order valence-corrected chi connectivity index (χ3v) is 3.62. The Balaban J connectivity index is 2.59. The third kappa shape index (κ3) is 3.50. The number of halogens is 2. The maximum atomic E-state index is 5.85. The van der Waals surface area contributed by atoms with Gasteiger partial charge >= 0.3 is 0 Å². The Hall–Kier alpha value is -0.210. The van der Waals surface area contributed by atoms with E-state index in [0.29, 0.717) is 10.9 Å². The lowest BCUT2D eigenvalue weighted by atomic mass is 10.0. The minimum atomic E-state index is 0.685. The Labute approximate surface area is 98.8 Å². The summed E-state index contributed by atoms with van der Waals surface area (Å²) in [6.07, 6.45) is 2.17. The standard InChI is InChI=1S/C11H15BrClN/c1-8(7-12)2-3-9-4-5-10(13)6-11(9)14/h4-6,8H,2-3,7,14H2,1H3. The van der Waals surface area contributed by atoms with Gasteiger partial charge in [-0.15, -0.1) is 0 Å². The monoisotopic (exact) mass is 275 g/mol. The average Bonchev–Trinajstić information content (AvgIpc) is 2.16. The van der Waals surface area contributed by atoms with Gasteiger partial charge in [-0.1, -0.05) is 40.5 Å². The molecule has 1 aromatic rings. The van der Waals surface area contributed by atoms with Gasteiger partial charge in [0.15, 0.2) is 0 Å². The van der Waals surface area contributed by atoms with Crippen LogP contribution in [0.2, 0.25) is 5.02 Å². The zero-order valence-corrected chi connectivity index (χ0v) is 10.6. The summed E-state index contributed by atoms with van der Waals surface area (Å²) in [7, 11) is 0. The van der Waals surface area contributed by atoms with Gasteiger partial charge in [0.1, 0.15) is 0 Å². The smallest absolute Gasteiger partial charge is 0.0426 e. The van der Waals surface area contributed by atoms with E-state index in [1.807, 2.05) is 18.2 Å². The maximum absolute atomic E-state index is 5.85. The molecule has 0 fully saturated rings. The fourth-order valence-corrected chi connectivity index (χ4v) is 1.78. The molecule has 0 amide bonds. The predicted octanol–water partition coefficient (Wildman–Crippen LogP) is 3.89. The van der Waals surface area contributed by atoms with Gasteiger partial charge in [0.25, 0.3) is 0 Å². The number of hydrogen-bond acceptors (Lipinski definition) is 1. The van der Waals surface area contributed by atoms with Crippen LogP contribution < -0.4 is 5.73 Å². The lowest BCUT2D eigenvalue weighted by molar-refractivity contribution is 0.600. The first-order valence-corrected chi connectivity index (χ1v) is 6.23. The number of nitrogen functional groups attached to an aromatic ring is 1. The van der Waals surface area contributed by atoms with Gasteiger partial charge in [-0.25, -0.2) is 0 Å². The molecule has 0 aliphatic rings. The van der Waals surface area contributed by atoms with Crippen LogP contribution in [-0.4, -0.2) is 5.33 Å². The molecule has 0 heterocycles. The minimum absolute atomic E-state index is 0.685. The average molecular weight is 277 g/mol. The summed E-state index contributed by atoms with van der Waals surface area (Å²) in [6, 6.07) is 5.72. The van der Waals surface area contributed by atoms with Crippen LogP contribution in [0, 0.1) is 5.92 Å². The molecule has 0 aromatic heterocycles. The molecule has 0 radical (unpaired) electrons. The second kappa shape index (κ2) is 5.62. The van der Waals surface area contributed by atoms with Crippen molar-refractivity contribution in [2.75, 3.05) is 11.1 Å². The van der Waals surface area contributed by atoms with Crippen LogP contribution in [0.5, 0.6) is 0 Å². The van der Waals surface area contributed by atoms with Crippen LogP contribution in [-0.2, 0) is 6.42 Å². The van der Waals surface area contributed by atoms with Crippen molar-refractivity contribution in [3.8, 4) is 0 Å². The Bertz CT molecular complexity index is 301. The SMILES string of the molecule is CC(CBr)CCc1ccc(Cl)cc1N. The maximum Gasteiger partial charge on any atom is 0.0426 e. The number of alkyl halides is 1. The van der Waals surface area contributed by atoms with Crippen molar-refractivity contribution in [3.63, 3.8) is 0 Å². The molecule has 3 heteroatoms. The van der Waals surface area contributed by atoms with Crippen LogP contribution >= 0.6 is 27.5 Å². The van der Waals surface area contributed by atoms with Crippen LogP contribution in [0.25, 0.3) is 0 Å². The van der Waals surface area contributed by atoms with E-state index >= 15 is 0 Å². The Kier molecular flexibility index (Phi) is 4.76. The third-order valence-electron chi connectivity index (χ3n) is 2.28. The van der Waals surface area contributed by atoms with E-state index in [1.54, 1.807) is 0 Å². The molecule has 0 aliphatic heterocycles. The second-order valence-electron chi connectivity index (χ2n) is 3.64. The quantitative estimate of drug-likeness (QED) is 0.655. The molecule has 0 saturated carbocycles. The molecule has 0 aliphatic carbocycles. The van der Waals surface area contributed by atoms with Crippen LogP contribution in [0.3, 0.4) is 0 Å². The first-order chi connectivity index (χ1) is 6.63. The van der Waals surface area contributed by atoms with Crippen molar-refractivity contribution in [2.24, 2.45) is 5.92 Å². The molecule has 1 rings (SSSR count). The lowest BCUT2D eigenvalue weighted by Gasteiger charge is -2.09. The highest BCUT2D eigenvalue weighted by Gasteiger charge is 2.03. The Morgan fingerprint density at radius 3 is 2.79 bits per heavy atom. The van der Waals surface area contributed by atoms with Gasteiger partial charge in [-0.2, -0.15) is 0 Å². The number of nitrogens with two attached hydrogens (primary N) is 1. The Morgan fingerprint density at radius 2 is 2.21 bits per heavy atom. The van der Waals surface area contributed by atoms with Crippen molar-refractivity contribution in [1.29, 1.82) is 0 Å². The molecule has 0 saturated heterocycles. The van der Waals surface area contributed by atoms with Gasteiger partial charge in [0.05, 0.1) is 0 Å². The molecule has 1 aromatic carbocycles. The molecule has 14 heavy (non-hydrogen) atoms. The molecule has 2 N–H and O–H groups in total. The van der Waals surface area contributed by atoms with Gasteiger partial charge in [0.2, 0.25) is 0 Å². The number of hydrogen-bond donors (Lipinski definition) is 1. The van der Waals surface area contributed by atoms with Gasteiger partial charge < -0.3 is 5.73 Å². The first kappa shape index (κ1) is 11.9. The van der Waals surface area contributed by atoms with Crippen molar-refractivity contribution >= 4 is 33.2 Å². The first-order valence-electron chi connectivity index (χ1n) is 4.73. The van der Waals surface area contributed by atoms with Crippen molar-refractivity contribution in [3.05, 3.63) is 28.8 Å². The summed E-state index contributed by atoms with van der Waals surface area (Å²) in [6.45, 7) is 2.22. The van der Waals surface area contributed by atoms with E-state index < -0.39 is 0 Å². The number of benzene rings is 1. The highest BCUT2D eigenvalue weighted by molar-refractivity contribution is 9.09. The minimum Gasteiger partial charge on any atom is -0.398 e. The van der Waals surface area contributed by atoms with Crippen LogP contribution in [0.15, 0.2) is 18.2 Å². The van der Waals surface area contributed by atoms with E-state index in [4.69, 9.17) is 17.3 Å². The predicted molar refractivity (Wildman–Crippen MR) is 67.1 cm³/mol. The summed E-state index contributed by atoms with van der Waals surface area (Å²) >= 11 is 9.29. The molecule has 1 atom stereocenters. The molecular weight excluding hydrogens is 261 g/mol. The Morgan fingerprint density at radius 1 is 1.50 bits per heavy atom. The normalized spacial score (nSPS) is 12.8. The summed E-state index contributed by atoms with van der Waals surface area (Å²) in [5.74, 6) is 0.685. The van der Waals surface area contributed by atoms with Crippen LogP contribution in [0.4, 0.5) is 5.69 Å². The number of aryl methyl sites for hydroxylation is 1. The van der Waals surface area contributed by atoms with E-state index in [0.717, 1.165) is 23.9 Å². The molecule has 78 valence electrons. The van der Waals surface area contributed by atoms with E-state index in [1.165, 1.54) is 5.56 Å². The van der Waals surface area contributed by atoms with Crippen molar-refractivity contribution < 1.29 is 0 Å². The molecule has 0 bridgehead atoms. The highest BCUT2D eigenvalue weighted by atomic mass is 79.9. The van der Waals surface area contributed by atoms with E-state index in [9.17, 15) is 0 Å². The van der Waals surface area contributed by atoms with Crippen molar-refractivity contribution in [1.82, 2.24) is 0 Å².